The molecule has 1 aromatic heterocycles. The summed E-state index contributed by atoms with van der Waals surface area (Å²) in [5, 5.41) is 12.5. The summed E-state index contributed by atoms with van der Waals surface area (Å²) in [6, 6.07) is 11.1. The van der Waals surface area contributed by atoms with Crippen LogP contribution in [0.4, 0.5) is 5.69 Å². The van der Waals surface area contributed by atoms with E-state index in [2.05, 4.69) is 30.2 Å². The summed E-state index contributed by atoms with van der Waals surface area (Å²) in [5.41, 5.74) is 2.52. The van der Waals surface area contributed by atoms with Crippen LogP contribution in [0.25, 0.3) is 0 Å². The molecular weight excluding hydrogens is 386 g/mol. The fraction of sp³-hybridized carbons (Fsp3) is 0.500. The molecule has 2 atom stereocenters. The molecule has 31 heavy (non-hydrogen) atoms. The van der Waals surface area contributed by atoms with E-state index in [1.165, 1.54) is 19.3 Å². The van der Waals surface area contributed by atoms with E-state index < -0.39 is 0 Å². The maximum Gasteiger partial charge on any atom is 0.237 e. The molecule has 6 rings (SSSR count). The zero-order valence-corrected chi connectivity index (χ0v) is 18.5. The quantitative estimate of drug-likeness (QED) is 0.665. The lowest BCUT2D eigenvalue weighted by atomic mass is 9.40. The van der Waals surface area contributed by atoms with Gasteiger partial charge >= 0.3 is 0 Å². The van der Waals surface area contributed by atoms with Crippen LogP contribution < -0.4 is 10.1 Å². The van der Waals surface area contributed by atoms with Crippen LogP contribution in [-0.2, 0) is 4.79 Å². The Morgan fingerprint density at radius 1 is 1.16 bits per heavy atom. The van der Waals surface area contributed by atoms with Crippen LogP contribution in [0.3, 0.4) is 0 Å². The molecule has 4 bridgehead atoms. The number of benzene rings is 1. The minimum Gasteiger partial charge on any atom is -0.438 e. The minimum absolute atomic E-state index is 0.183. The van der Waals surface area contributed by atoms with E-state index >= 15 is 0 Å². The maximum absolute atomic E-state index is 13.6. The molecule has 5 heteroatoms. The molecule has 1 aromatic carbocycles. The number of carbonyl (C=O) groups is 1. The zero-order valence-electron chi connectivity index (χ0n) is 18.5. The first-order chi connectivity index (χ1) is 14.7. The highest BCUT2D eigenvalue weighted by Gasteiger charge is 2.62. The van der Waals surface area contributed by atoms with E-state index in [0.717, 1.165) is 30.5 Å². The Hall–Kier alpha value is -2.87. The van der Waals surface area contributed by atoms with Gasteiger partial charge in [0, 0.05) is 11.9 Å². The number of carbonyl (C=O) groups excluding carboxylic acids is 1. The number of anilines is 1. The highest BCUT2D eigenvalue weighted by atomic mass is 16.5. The van der Waals surface area contributed by atoms with Gasteiger partial charge < -0.3 is 10.1 Å². The number of aromatic nitrogens is 1. The molecular formula is C26H29N3O2. The normalized spacial score (nSPS) is 33.0. The topological polar surface area (TPSA) is 75.0 Å². The van der Waals surface area contributed by atoms with Gasteiger partial charge in [-0.05, 0) is 98.1 Å². The summed E-state index contributed by atoms with van der Waals surface area (Å²) in [6.07, 6.45) is 8.46. The number of rotatable bonds is 4. The number of pyridine rings is 1. The number of nitrogens with one attached hydrogen (secondary N) is 1. The van der Waals surface area contributed by atoms with Gasteiger partial charge in [0.05, 0.1) is 5.41 Å². The van der Waals surface area contributed by atoms with Crippen LogP contribution in [0.15, 0.2) is 36.5 Å². The number of nitriles is 1. The van der Waals surface area contributed by atoms with Gasteiger partial charge in [0.25, 0.3) is 0 Å². The smallest absolute Gasteiger partial charge is 0.237 e. The van der Waals surface area contributed by atoms with Crippen LogP contribution in [-0.4, -0.2) is 10.9 Å². The van der Waals surface area contributed by atoms with Crippen molar-refractivity contribution < 1.29 is 9.53 Å². The monoisotopic (exact) mass is 415 g/mol. The van der Waals surface area contributed by atoms with E-state index in [1.807, 2.05) is 25.1 Å². The van der Waals surface area contributed by atoms with Gasteiger partial charge in [0.15, 0.2) is 0 Å². The van der Waals surface area contributed by atoms with Gasteiger partial charge in [-0.15, -0.1) is 0 Å². The molecule has 4 saturated carbocycles. The summed E-state index contributed by atoms with van der Waals surface area (Å²) >= 11 is 0. The average Bonchev–Trinajstić information content (AvgIpc) is 2.67. The molecule has 2 aromatic rings. The first kappa shape index (κ1) is 20.1. The van der Waals surface area contributed by atoms with E-state index in [0.29, 0.717) is 28.1 Å². The van der Waals surface area contributed by atoms with Gasteiger partial charge in [0.2, 0.25) is 11.8 Å². The predicted molar refractivity (Wildman–Crippen MR) is 119 cm³/mol. The number of aryl methyl sites for hydroxylation is 1. The highest BCUT2D eigenvalue weighted by molar-refractivity contribution is 5.96. The third kappa shape index (κ3) is 3.48. The van der Waals surface area contributed by atoms with Gasteiger partial charge in [0.1, 0.15) is 17.4 Å². The molecule has 0 radical (unpaired) electrons. The van der Waals surface area contributed by atoms with Crippen molar-refractivity contribution in [1.82, 2.24) is 4.98 Å². The Kier molecular flexibility index (Phi) is 4.41. The third-order valence-electron chi connectivity index (χ3n) is 7.66. The highest BCUT2D eigenvalue weighted by Crippen LogP contribution is 2.69. The van der Waals surface area contributed by atoms with Gasteiger partial charge in [-0.1, -0.05) is 13.8 Å². The Bertz CT molecular complexity index is 1080. The predicted octanol–water partition coefficient (Wildman–Crippen LogP) is 5.99. The van der Waals surface area contributed by atoms with Crippen molar-refractivity contribution >= 4 is 11.6 Å². The fourth-order valence-electron chi connectivity index (χ4n) is 7.46. The van der Waals surface area contributed by atoms with Gasteiger partial charge in [-0.25, -0.2) is 4.98 Å². The Balaban J connectivity index is 1.35. The van der Waals surface area contributed by atoms with Crippen molar-refractivity contribution in [3.05, 3.63) is 47.7 Å². The molecule has 160 valence electrons. The molecule has 0 saturated heterocycles. The number of hydrogen-bond acceptors (Lipinski definition) is 4. The van der Waals surface area contributed by atoms with Crippen molar-refractivity contribution in [3.8, 4) is 17.7 Å². The molecule has 0 aliphatic heterocycles. The van der Waals surface area contributed by atoms with E-state index in [-0.39, 0.29) is 17.2 Å². The van der Waals surface area contributed by atoms with Crippen LogP contribution in [0, 0.1) is 40.4 Å². The summed E-state index contributed by atoms with van der Waals surface area (Å²) in [4.78, 5) is 17.7. The molecule has 4 fully saturated rings. The van der Waals surface area contributed by atoms with E-state index in [9.17, 15) is 10.1 Å². The number of nitrogens with zero attached hydrogens (tertiary/aromatic N) is 2. The van der Waals surface area contributed by atoms with Crippen molar-refractivity contribution in [2.45, 2.75) is 59.3 Å². The summed E-state index contributed by atoms with van der Waals surface area (Å²) in [7, 11) is 0. The Morgan fingerprint density at radius 3 is 2.55 bits per heavy atom. The van der Waals surface area contributed by atoms with Crippen molar-refractivity contribution in [2.75, 3.05) is 5.32 Å². The fourth-order valence-corrected chi connectivity index (χ4v) is 7.46. The third-order valence-corrected chi connectivity index (χ3v) is 7.66. The SMILES string of the molecule is Cc1cc(Oc2ncccc2C#N)ccc1NC(=O)C12CC3CC(C)(CC(C)(C3)C1)C2. The molecule has 1 heterocycles. The Labute approximate surface area is 183 Å². The summed E-state index contributed by atoms with van der Waals surface area (Å²) < 4.78 is 5.82. The van der Waals surface area contributed by atoms with Crippen LogP contribution >= 0.6 is 0 Å². The van der Waals surface area contributed by atoms with Crippen LogP contribution in [0.5, 0.6) is 11.6 Å². The Morgan fingerprint density at radius 2 is 1.90 bits per heavy atom. The molecule has 4 aliphatic carbocycles. The molecule has 0 spiro atoms. The van der Waals surface area contributed by atoms with Crippen molar-refractivity contribution in [1.29, 1.82) is 5.26 Å². The lowest BCUT2D eigenvalue weighted by molar-refractivity contribution is -0.165. The number of amides is 1. The first-order valence-electron chi connectivity index (χ1n) is 11.2. The average molecular weight is 416 g/mol. The zero-order chi connectivity index (χ0) is 21.9. The minimum atomic E-state index is -0.236. The second-order valence-corrected chi connectivity index (χ2v) is 10.9. The van der Waals surface area contributed by atoms with Gasteiger partial charge in [-0.2, -0.15) is 5.26 Å². The van der Waals surface area contributed by atoms with Gasteiger partial charge in [-0.3, -0.25) is 4.79 Å². The van der Waals surface area contributed by atoms with E-state index in [1.54, 1.807) is 18.3 Å². The molecule has 1 N–H and O–H groups in total. The first-order valence-corrected chi connectivity index (χ1v) is 11.2. The maximum atomic E-state index is 13.6. The summed E-state index contributed by atoms with van der Waals surface area (Å²) in [6.45, 7) is 6.75. The van der Waals surface area contributed by atoms with E-state index in [4.69, 9.17) is 4.74 Å². The second-order valence-electron chi connectivity index (χ2n) is 10.9. The van der Waals surface area contributed by atoms with Crippen molar-refractivity contribution in [2.24, 2.45) is 22.2 Å². The molecule has 1 amide bonds. The standard InChI is InChI=1S/C26H29N3O2/c1-17-9-20(31-22-19(13-27)5-4-8-28-22)6-7-21(17)29-23(30)26-12-18-10-24(2,15-26)14-25(3,11-18)16-26/h4-9,18H,10-12,14-16H2,1-3H3,(H,29,30). The lowest BCUT2D eigenvalue weighted by Gasteiger charge is -2.64. The molecule has 2 unspecified atom stereocenters. The number of hydrogen-bond donors (Lipinski definition) is 1. The summed E-state index contributed by atoms with van der Waals surface area (Å²) in [5.74, 6) is 1.75. The second kappa shape index (κ2) is 6.82. The lowest BCUT2D eigenvalue weighted by Crippen LogP contribution is -2.58. The molecule has 4 aliphatic rings. The largest absolute Gasteiger partial charge is 0.438 e. The van der Waals surface area contributed by atoms with Crippen LogP contribution in [0.2, 0.25) is 0 Å². The number of ether oxygens (including phenoxy) is 1. The van der Waals surface area contributed by atoms with Crippen molar-refractivity contribution in [3.63, 3.8) is 0 Å². The molecule has 5 nitrogen and oxygen atoms in total. The van der Waals surface area contributed by atoms with Crippen LogP contribution in [0.1, 0.15) is 63.5 Å².